The number of amides is 4. The second-order valence-corrected chi connectivity index (χ2v) is 13.2. The Morgan fingerprint density at radius 2 is 1.66 bits per heavy atom. The third-order valence-electron chi connectivity index (χ3n) is 9.20. The number of halogens is 1. The van der Waals surface area contributed by atoms with Crippen molar-refractivity contribution >= 4 is 29.2 Å². The van der Waals surface area contributed by atoms with E-state index in [4.69, 9.17) is 9.47 Å². The van der Waals surface area contributed by atoms with Gasteiger partial charge in [0.25, 0.3) is 5.91 Å². The minimum Gasteiger partial charge on any atom is -0.490 e. The van der Waals surface area contributed by atoms with Crippen LogP contribution in [0.25, 0.3) is 0 Å². The molecular weight excluding hydrogens is 603 g/mol. The topological polar surface area (TPSA) is 120 Å². The van der Waals surface area contributed by atoms with E-state index in [1.54, 1.807) is 34.9 Å². The number of likely N-dealkylation sites (N-methyl/N-ethyl adjacent to an activating group) is 1. The summed E-state index contributed by atoms with van der Waals surface area (Å²) >= 11 is 0. The molecule has 1 aliphatic carbocycles. The van der Waals surface area contributed by atoms with Gasteiger partial charge in [0.05, 0.1) is 30.4 Å². The lowest BCUT2D eigenvalue weighted by Gasteiger charge is -2.36. The van der Waals surface area contributed by atoms with E-state index in [1.165, 1.54) is 30.7 Å². The van der Waals surface area contributed by atoms with Crippen LogP contribution >= 0.6 is 0 Å². The van der Waals surface area contributed by atoms with Crippen LogP contribution in [0, 0.1) is 17.7 Å². The molecule has 10 nitrogen and oxygen atoms in total. The molecule has 0 radical (unpaired) electrons. The average molecular weight is 655 g/mol. The molecule has 1 aliphatic heterocycles. The number of ether oxygens (including phenoxy) is 2. The summed E-state index contributed by atoms with van der Waals surface area (Å²) in [5.41, 5.74) is 1.03. The Morgan fingerprint density at radius 3 is 2.36 bits per heavy atom. The van der Waals surface area contributed by atoms with Gasteiger partial charge in [0, 0.05) is 50.0 Å². The predicted molar refractivity (Wildman–Crippen MR) is 180 cm³/mol. The summed E-state index contributed by atoms with van der Waals surface area (Å²) in [5, 5.41) is 15.6. The van der Waals surface area contributed by atoms with E-state index in [9.17, 15) is 23.9 Å². The Morgan fingerprint density at radius 1 is 1.00 bits per heavy atom. The maximum Gasteiger partial charge on any atom is 0.323 e. The molecule has 0 spiro atoms. The molecule has 258 valence electrons. The third-order valence-corrected chi connectivity index (χ3v) is 9.20. The fraction of sp³-hybridized carbons (Fsp3) is 0.583. The Labute approximate surface area is 278 Å². The smallest absolute Gasteiger partial charge is 0.323 e. The van der Waals surface area contributed by atoms with Crippen LogP contribution in [0.5, 0.6) is 5.75 Å². The predicted octanol–water partition coefficient (Wildman–Crippen LogP) is 6.30. The number of aliphatic hydroxyl groups excluding tert-OH is 1. The van der Waals surface area contributed by atoms with Gasteiger partial charge < -0.3 is 35.0 Å². The number of benzene rings is 2. The van der Waals surface area contributed by atoms with Crippen LogP contribution in [0.4, 0.5) is 20.6 Å². The number of rotatable bonds is 7. The maximum absolute atomic E-state index is 14.3. The summed E-state index contributed by atoms with van der Waals surface area (Å²) in [4.78, 5) is 43.8. The lowest BCUT2D eigenvalue weighted by molar-refractivity contribution is -0.137. The number of fused-ring (bicyclic) bond motifs is 1. The molecule has 1 saturated carbocycles. The molecule has 11 heteroatoms. The normalized spacial score (nSPS) is 22.3. The van der Waals surface area contributed by atoms with Gasteiger partial charge in [-0.05, 0) is 88.4 Å². The lowest BCUT2D eigenvalue weighted by atomic mass is 9.88. The molecular formula is C36H51FN4O6. The van der Waals surface area contributed by atoms with Gasteiger partial charge in [-0.3, -0.25) is 9.59 Å². The Hall–Kier alpha value is -3.70. The fourth-order valence-corrected chi connectivity index (χ4v) is 6.31. The van der Waals surface area contributed by atoms with Crippen LogP contribution in [0.15, 0.2) is 42.5 Å². The van der Waals surface area contributed by atoms with Crippen LogP contribution < -0.4 is 15.4 Å². The second kappa shape index (κ2) is 17.5. The van der Waals surface area contributed by atoms with E-state index in [0.717, 1.165) is 44.9 Å². The molecule has 4 rings (SSSR count). The van der Waals surface area contributed by atoms with Gasteiger partial charge in [-0.25, -0.2) is 9.18 Å². The molecule has 4 atom stereocenters. The number of hydrogen-bond donors (Lipinski definition) is 3. The summed E-state index contributed by atoms with van der Waals surface area (Å²) in [5.74, 6) is -0.344. The zero-order valence-electron chi connectivity index (χ0n) is 28.2. The second-order valence-electron chi connectivity index (χ2n) is 13.2. The van der Waals surface area contributed by atoms with Crippen molar-refractivity contribution in [2.75, 3.05) is 44.0 Å². The van der Waals surface area contributed by atoms with Crippen molar-refractivity contribution in [3.8, 4) is 5.75 Å². The summed E-state index contributed by atoms with van der Waals surface area (Å²) in [6.45, 7) is 6.71. The molecule has 1 heterocycles. The molecule has 0 aromatic heterocycles. The van der Waals surface area contributed by atoms with Crippen molar-refractivity contribution in [1.29, 1.82) is 0 Å². The Balaban J connectivity index is 1.58. The van der Waals surface area contributed by atoms with Crippen molar-refractivity contribution in [3.63, 3.8) is 0 Å². The maximum atomic E-state index is 14.3. The van der Waals surface area contributed by atoms with Gasteiger partial charge in [-0.2, -0.15) is 0 Å². The molecule has 1 fully saturated rings. The highest BCUT2D eigenvalue weighted by molar-refractivity contribution is 6.02. The van der Waals surface area contributed by atoms with Crippen molar-refractivity contribution < 1.29 is 33.4 Å². The number of carbonyl (C=O) groups excluding carboxylic acids is 3. The van der Waals surface area contributed by atoms with E-state index >= 15 is 0 Å². The van der Waals surface area contributed by atoms with Crippen LogP contribution in [-0.2, 0) is 9.53 Å². The molecule has 0 saturated heterocycles. The molecule has 47 heavy (non-hydrogen) atoms. The number of anilines is 2. The first kappa shape index (κ1) is 36.1. The van der Waals surface area contributed by atoms with Gasteiger partial charge >= 0.3 is 6.03 Å². The van der Waals surface area contributed by atoms with Crippen molar-refractivity contribution in [3.05, 3.63) is 53.8 Å². The highest BCUT2D eigenvalue weighted by atomic mass is 19.1. The van der Waals surface area contributed by atoms with Crippen LogP contribution in [0.3, 0.4) is 0 Å². The molecule has 2 aliphatic rings. The number of nitrogens with one attached hydrogen (secondary N) is 2. The van der Waals surface area contributed by atoms with E-state index in [-0.39, 0.29) is 54.6 Å². The van der Waals surface area contributed by atoms with Crippen LogP contribution in [0.1, 0.15) is 82.5 Å². The van der Waals surface area contributed by atoms with Crippen molar-refractivity contribution in [1.82, 2.24) is 9.80 Å². The molecule has 3 N–H and O–H groups in total. The van der Waals surface area contributed by atoms with Gasteiger partial charge in [0.1, 0.15) is 11.6 Å². The molecule has 2 aromatic carbocycles. The molecule has 4 amide bonds. The monoisotopic (exact) mass is 654 g/mol. The Bertz CT molecular complexity index is 1340. The SMILES string of the molecule is C[C@@H]1CCCCO[C@@H](CN(C)C(=O)C2CCCCC2)[C@@H](C)CN([C@H](C)CO)C(=O)c2cc(NC(=O)Nc3ccc(F)cc3)ccc2O1. The van der Waals surface area contributed by atoms with Gasteiger partial charge in [-0.15, -0.1) is 0 Å². The van der Waals surface area contributed by atoms with Crippen LogP contribution in [-0.4, -0.2) is 84.4 Å². The quantitative estimate of drug-likeness (QED) is 0.322. The summed E-state index contributed by atoms with van der Waals surface area (Å²) in [6.07, 6.45) is 7.11. The van der Waals surface area contributed by atoms with E-state index in [2.05, 4.69) is 10.6 Å². The third kappa shape index (κ3) is 10.4. The van der Waals surface area contributed by atoms with Crippen molar-refractivity contribution in [2.24, 2.45) is 11.8 Å². The number of aliphatic hydroxyl groups is 1. The zero-order chi connectivity index (χ0) is 33.9. The fourth-order valence-electron chi connectivity index (χ4n) is 6.31. The standard InChI is InChI=1S/C36H51FN4O6/c1-24-21-41(25(2)23-42)35(44)31-20-30(39-36(45)38-29-15-13-28(37)14-16-29)17-18-32(31)47-26(3)10-8-9-19-46-33(24)22-40(4)34(43)27-11-6-5-7-12-27/h13-18,20,24-27,33,42H,5-12,19,21-23H2,1-4H3,(H2,38,39,45)/t24-,25+,26+,33-/m0/s1. The van der Waals surface area contributed by atoms with Gasteiger partial charge in [0.2, 0.25) is 5.91 Å². The van der Waals surface area contributed by atoms with Crippen molar-refractivity contribution in [2.45, 2.75) is 90.4 Å². The minimum absolute atomic E-state index is 0.0496. The van der Waals surface area contributed by atoms with E-state index < -0.39 is 17.9 Å². The summed E-state index contributed by atoms with van der Waals surface area (Å²) in [7, 11) is 1.84. The first-order valence-corrected chi connectivity index (χ1v) is 17.0. The van der Waals surface area contributed by atoms with Gasteiger partial charge in [-0.1, -0.05) is 26.2 Å². The highest BCUT2D eigenvalue weighted by Crippen LogP contribution is 2.29. The highest BCUT2D eigenvalue weighted by Gasteiger charge is 2.32. The Kier molecular flexibility index (Phi) is 13.4. The number of nitrogens with zero attached hydrogens (tertiary/aromatic N) is 2. The summed E-state index contributed by atoms with van der Waals surface area (Å²) in [6, 6.07) is 9.23. The number of urea groups is 1. The van der Waals surface area contributed by atoms with Gasteiger partial charge in [0.15, 0.2) is 0 Å². The molecule has 2 aromatic rings. The number of hydrogen-bond acceptors (Lipinski definition) is 6. The van der Waals surface area contributed by atoms with E-state index in [0.29, 0.717) is 30.3 Å². The zero-order valence-corrected chi connectivity index (χ0v) is 28.2. The molecule has 0 unspecified atom stereocenters. The first-order chi connectivity index (χ1) is 22.5. The minimum atomic E-state index is -0.555. The first-order valence-electron chi connectivity index (χ1n) is 17.0. The molecule has 0 bridgehead atoms. The number of carbonyl (C=O) groups is 3. The summed E-state index contributed by atoms with van der Waals surface area (Å²) < 4.78 is 26.0. The lowest BCUT2D eigenvalue weighted by Crippen LogP contribution is -2.48. The average Bonchev–Trinajstić information content (AvgIpc) is 3.07. The van der Waals surface area contributed by atoms with E-state index in [1.807, 2.05) is 20.9 Å². The van der Waals surface area contributed by atoms with Crippen LogP contribution in [0.2, 0.25) is 0 Å². The largest absolute Gasteiger partial charge is 0.490 e.